The standard InChI is InChI=1S/C10H20O2S3/c1-7(13)2-3-8(14)4-5-9(15)6-10(11)12/h7-9,13-15H,2-6H2,1H3,(H,11,12). The molecule has 3 unspecified atom stereocenters. The van der Waals surface area contributed by atoms with Crippen LogP contribution < -0.4 is 0 Å². The maximum Gasteiger partial charge on any atom is 0.304 e. The van der Waals surface area contributed by atoms with Crippen LogP contribution in [0.1, 0.15) is 39.0 Å². The fourth-order valence-electron chi connectivity index (χ4n) is 1.27. The number of carboxylic acids is 1. The van der Waals surface area contributed by atoms with Crippen molar-refractivity contribution in [2.75, 3.05) is 0 Å². The van der Waals surface area contributed by atoms with Crippen LogP contribution in [0.4, 0.5) is 0 Å². The molecule has 5 heteroatoms. The molecule has 90 valence electrons. The van der Waals surface area contributed by atoms with Crippen LogP contribution in [0.25, 0.3) is 0 Å². The van der Waals surface area contributed by atoms with E-state index in [1.165, 1.54) is 0 Å². The van der Waals surface area contributed by atoms with Crippen molar-refractivity contribution in [3.63, 3.8) is 0 Å². The molecular formula is C10H20O2S3. The van der Waals surface area contributed by atoms with Crippen molar-refractivity contribution in [3.8, 4) is 0 Å². The van der Waals surface area contributed by atoms with Crippen LogP contribution in [-0.2, 0) is 4.79 Å². The van der Waals surface area contributed by atoms with Gasteiger partial charge in [-0.3, -0.25) is 4.79 Å². The van der Waals surface area contributed by atoms with Crippen LogP contribution >= 0.6 is 37.9 Å². The van der Waals surface area contributed by atoms with Crippen molar-refractivity contribution in [1.29, 1.82) is 0 Å². The summed E-state index contributed by atoms with van der Waals surface area (Å²) < 4.78 is 0. The van der Waals surface area contributed by atoms with Gasteiger partial charge in [0.05, 0.1) is 6.42 Å². The van der Waals surface area contributed by atoms with Crippen LogP contribution in [0.3, 0.4) is 0 Å². The first-order valence-electron chi connectivity index (χ1n) is 5.17. The van der Waals surface area contributed by atoms with Gasteiger partial charge in [-0.05, 0) is 30.9 Å². The van der Waals surface area contributed by atoms with E-state index in [2.05, 4.69) is 44.8 Å². The lowest BCUT2D eigenvalue weighted by atomic mass is 10.1. The highest BCUT2D eigenvalue weighted by atomic mass is 32.1. The van der Waals surface area contributed by atoms with Gasteiger partial charge in [0.1, 0.15) is 0 Å². The van der Waals surface area contributed by atoms with Crippen molar-refractivity contribution in [3.05, 3.63) is 0 Å². The summed E-state index contributed by atoms with van der Waals surface area (Å²) in [6, 6.07) is 0. The van der Waals surface area contributed by atoms with Gasteiger partial charge in [0.15, 0.2) is 0 Å². The molecular weight excluding hydrogens is 248 g/mol. The van der Waals surface area contributed by atoms with Gasteiger partial charge >= 0.3 is 5.97 Å². The number of thiol groups is 3. The molecule has 15 heavy (non-hydrogen) atoms. The minimum atomic E-state index is -0.783. The van der Waals surface area contributed by atoms with Crippen LogP contribution in [0.5, 0.6) is 0 Å². The quantitative estimate of drug-likeness (QED) is 0.511. The summed E-state index contributed by atoms with van der Waals surface area (Å²) in [6.45, 7) is 2.06. The van der Waals surface area contributed by atoms with E-state index in [0.29, 0.717) is 10.5 Å². The zero-order chi connectivity index (χ0) is 11.8. The molecule has 0 heterocycles. The lowest BCUT2D eigenvalue weighted by molar-refractivity contribution is -0.136. The first kappa shape index (κ1) is 15.5. The molecule has 2 nitrogen and oxygen atoms in total. The summed E-state index contributed by atoms with van der Waals surface area (Å²) in [7, 11) is 0. The van der Waals surface area contributed by atoms with Crippen LogP contribution in [-0.4, -0.2) is 26.8 Å². The largest absolute Gasteiger partial charge is 0.481 e. The van der Waals surface area contributed by atoms with Gasteiger partial charge in [-0.2, -0.15) is 37.9 Å². The first-order valence-corrected chi connectivity index (χ1v) is 6.72. The van der Waals surface area contributed by atoms with Crippen LogP contribution in [0.15, 0.2) is 0 Å². The molecule has 0 aromatic carbocycles. The third kappa shape index (κ3) is 10.8. The Morgan fingerprint density at radius 2 is 1.53 bits per heavy atom. The number of carboxylic acid groups (broad SMARTS) is 1. The third-order valence-corrected chi connectivity index (χ3v) is 3.38. The van der Waals surface area contributed by atoms with Crippen LogP contribution in [0, 0.1) is 0 Å². The predicted molar refractivity (Wildman–Crippen MR) is 74.7 cm³/mol. The van der Waals surface area contributed by atoms with Gasteiger partial charge in [0.2, 0.25) is 0 Å². The van der Waals surface area contributed by atoms with E-state index >= 15 is 0 Å². The average molecular weight is 268 g/mol. The summed E-state index contributed by atoms with van der Waals surface area (Å²) in [5.41, 5.74) is 0. The Hall–Kier alpha value is 0.520. The van der Waals surface area contributed by atoms with E-state index in [9.17, 15) is 4.79 Å². The van der Waals surface area contributed by atoms with Gasteiger partial charge in [-0.15, -0.1) is 0 Å². The number of rotatable bonds is 8. The molecule has 0 bridgehead atoms. The fraction of sp³-hybridized carbons (Fsp3) is 0.900. The zero-order valence-corrected chi connectivity index (χ0v) is 11.6. The Bertz CT molecular complexity index is 186. The fourth-order valence-corrected chi connectivity index (χ4v) is 2.02. The molecule has 0 aliphatic rings. The van der Waals surface area contributed by atoms with E-state index in [0.717, 1.165) is 25.7 Å². The van der Waals surface area contributed by atoms with E-state index in [-0.39, 0.29) is 11.7 Å². The molecule has 0 amide bonds. The van der Waals surface area contributed by atoms with E-state index in [4.69, 9.17) is 5.11 Å². The Labute approximate surface area is 108 Å². The Morgan fingerprint density at radius 3 is 2.00 bits per heavy atom. The van der Waals surface area contributed by atoms with Crippen LogP contribution in [0.2, 0.25) is 0 Å². The molecule has 0 radical (unpaired) electrons. The zero-order valence-electron chi connectivity index (χ0n) is 8.96. The number of aliphatic carboxylic acids is 1. The maximum atomic E-state index is 10.4. The lowest BCUT2D eigenvalue weighted by Gasteiger charge is -2.14. The smallest absolute Gasteiger partial charge is 0.304 e. The number of hydrogen-bond donors (Lipinski definition) is 4. The van der Waals surface area contributed by atoms with E-state index < -0.39 is 5.97 Å². The molecule has 3 atom stereocenters. The molecule has 0 aromatic rings. The first-order chi connectivity index (χ1) is 6.91. The topological polar surface area (TPSA) is 37.3 Å². The molecule has 0 fully saturated rings. The minimum absolute atomic E-state index is 0.0504. The summed E-state index contributed by atoms with van der Waals surface area (Å²) in [4.78, 5) is 10.4. The molecule has 0 aliphatic carbocycles. The lowest BCUT2D eigenvalue weighted by Crippen LogP contribution is -2.10. The second-order valence-corrected chi connectivity index (χ2v) is 6.25. The highest BCUT2D eigenvalue weighted by Gasteiger charge is 2.11. The van der Waals surface area contributed by atoms with Crippen molar-refractivity contribution in [2.45, 2.75) is 54.8 Å². The molecule has 1 N–H and O–H groups in total. The summed E-state index contributed by atoms with van der Waals surface area (Å²) in [5.74, 6) is -0.783. The maximum absolute atomic E-state index is 10.4. The van der Waals surface area contributed by atoms with Gasteiger partial charge in [0, 0.05) is 10.5 Å². The Balaban J connectivity index is 3.52. The SMILES string of the molecule is CC(S)CCC(S)CCC(S)CC(=O)O. The molecule has 0 saturated heterocycles. The van der Waals surface area contributed by atoms with E-state index in [1.807, 2.05) is 0 Å². The normalized spacial score (nSPS) is 17.1. The van der Waals surface area contributed by atoms with Crippen molar-refractivity contribution >= 4 is 43.9 Å². The van der Waals surface area contributed by atoms with Crippen molar-refractivity contribution in [2.24, 2.45) is 0 Å². The molecule has 0 spiro atoms. The van der Waals surface area contributed by atoms with Gasteiger partial charge in [-0.1, -0.05) is 6.92 Å². The second-order valence-electron chi connectivity index (χ2n) is 3.91. The van der Waals surface area contributed by atoms with Gasteiger partial charge in [0.25, 0.3) is 0 Å². The average Bonchev–Trinajstić information content (AvgIpc) is 2.10. The molecule has 0 rings (SSSR count). The predicted octanol–water partition coefficient (Wildman–Crippen LogP) is 2.94. The number of hydrogen-bond acceptors (Lipinski definition) is 4. The highest BCUT2D eigenvalue weighted by Crippen LogP contribution is 2.18. The summed E-state index contributed by atoms with van der Waals surface area (Å²) in [6.07, 6.45) is 3.94. The van der Waals surface area contributed by atoms with Crippen molar-refractivity contribution in [1.82, 2.24) is 0 Å². The Kier molecular flexibility index (Phi) is 8.95. The molecule has 0 saturated carbocycles. The van der Waals surface area contributed by atoms with Gasteiger partial charge in [-0.25, -0.2) is 0 Å². The van der Waals surface area contributed by atoms with E-state index in [1.54, 1.807) is 0 Å². The summed E-state index contributed by atoms with van der Waals surface area (Å²) in [5, 5.41) is 9.24. The number of carbonyl (C=O) groups is 1. The summed E-state index contributed by atoms with van der Waals surface area (Å²) >= 11 is 13.0. The second kappa shape index (κ2) is 8.65. The Morgan fingerprint density at radius 1 is 1.07 bits per heavy atom. The van der Waals surface area contributed by atoms with Crippen molar-refractivity contribution < 1.29 is 9.90 Å². The highest BCUT2D eigenvalue weighted by molar-refractivity contribution is 7.81. The molecule has 0 aliphatic heterocycles. The third-order valence-electron chi connectivity index (χ3n) is 2.16. The molecule has 0 aromatic heterocycles. The monoisotopic (exact) mass is 268 g/mol. The van der Waals surface area contributed by atoms with Gasteiger partial charge < -0.3 is 5.11 Å². The minimum Gasteiger partial charge on any atom is -0.481 e.